The van der Waals surface area contributed by atoms with Crippen LogP contribution in [0.3, 0.4) is 0 Å². The van der Waals surface area contributed by atoms with E-state index in [9.17, 15) is 0 Å². The summed E-state index contributed by atoms with van der Waals surface area (Å²) in [5, 5.41) is 1.21. The summed E-state index contributed by atoms with van der Waals surface area (Å²) in [7, 11) is 0. The van der Waals surface area contributed by atoms with Crippen LogP contribution in [0.4, 0.5) is 0 Å². The fourth-order valence-electron chi connectivity index (χ4n) is 3.91. The minimum Gasteiger partial charge on any atom is -0.381 e. The standard InChI is InChI=1S/C21H25N3O/c1-2-15-12-23-20-19(15)11-17(13-24-20)16-4-3-5-18(10-16)21(14-22)6-8-25-9-7-21/h3-5,10-13H,2,6-9,14,22H2,1H3,(H,23,24). The molecule has 0 atom stereocenters. The number of H-pyrrole nitrogens is 1. The number of nitrogens with one attached hydrogen (secondary N) is 1. The van der Waals surface area contributed by atoms with Crippen molar-refractivity contribution in [2.45, 2.75) is 31.6 Å². The van der Waals surface area contributed by atoms with Gasteiger partial charge in [-0.3, -0.25) is 0 Å². The lowest BCUT2D eigenvalue weighted by molar-refractivity contribution is 0.0530. The smallest absolute Gasteiger partial charge is 0.137 e. The van der Waals surface area contributed by atoms with Gasteiger partial charge in [0.1, 0.15) is 5.65 Å². The van der Waals surface area contributed by atoms with Crippen LogP contribution in [0, 0.1) is 0 Å². The molecule has 0 amide bonds. The van der Waals surface area contributed by atoms with Gasteiger partial charge >= 0.3 is 0 Å². The zero-order valence-corrected chi connectivity index (χ0v) is 14.7. The maximum Gasteiger partial charge on any atom is 0.137 e. The summed E-state index contributed by atoms with van der Waals surface area (Å²) in [6.45, 7) is 4.41. The number of rotatable bonds is 4. The van der Waals surface area contributed by atoms with E-state index in [-0.39, 0.29) is 5.41 Å². The molecule has 4 rings (SSSR count). The average Bonchev–Trinajstić information content (AvgIpc) is 3.11. The van der Waals surface area contributed by atoms with Gasteiger partial charge in [-0.15, -0.1) is 0 Å². The van der Waals surface area contributed by atoms with Gasteiger partial charge in [-0.05, 0) is 42.0 Å². The summed E-state index contributed by atoms with van der Waals surface area (Å²) in [6, 6.07) is 11.0. The van der Waals surface area contributed by atoms with Gasteiger partial charge in [-0.2, -0.15) is 0 Å². The summed E-state index contributed by atoms with van der Waals surface area (Å²) in [5.74, 6) is 0. The molecule has 1 fully saturated rings. The molecule has 1 aromatic carbocycles. The lowest BCUT2D eigenvalue weighted by Gasteiger charge is -2.37. The molecule has 0 spiro atoms. The fraction of sp³-hybridized carbons (Fsp3) is 0.381. The highest BCUT2D eigenvalue weighted by molar-refractivity contribution is 5.84. The van der Waals surface area contributed by atoms with Crippen molar-refractivity contribution >= 4 is 11.0 Å². The normalized spacial score (nSPS) is 17.0. The van der Waals surface area contributed by atoms with E-state index < -0.39 is 0 Å². The Bertz CT molecular complexity index is 878. The predicted octanol–water partition coefficient (Wildman–Crippen LogP) is 3.80. The summed E-state index contributed by atoms with van der Waals surface area (Å²) < 4.78 is 5.56. The van der Waals surface area contributed by atoms with Gasteiger partial charge in [0, 0.05) is 48.5 Å². The van der Waals surface area contributed by atoms with Gasteiger partial charge in [0.25, 0.3) is 0 Å². The number of hydrogen-bond donors (Lipinski definition) is 2. The van der Waals surface area contributed by atoms with Crippen LogP contribution >= 0.6 is 0 Å². The lowest BCUT2D eigenvalue weighted by Crippen LogP contribution is -2.40. The quantitative estimate of drug-likeness (QED) is 0.762. The number of benzene rings is 1. The molecule has 3 N–H and O–H groups in total. The molecular formula is C21H25N3O. The molecule has 1 aliphatic heterocycles. The largest absolute Gasteiger partial charge is 0.381 e. The highest BCUT2D eigenvalue weighted by Crippen LogP contribution is 2.36. The van der Waals surface area contributed by atoms with Crippen molar-refractivity contribution in [1.82, 2.24) is 9.97 Å². The summed E-state index contributed by atoms with van der Waals surface area (Å²) in [6.07, 6.45) is 6.99. The Morgan fingerprint density at radius 3 is 2.80 bits per heavy atom. The molecule has 0 aliphatic carbocycles. The number of aromatic nitrogens is 2. The molecule has 130 valence electrons. The molecule has 25 heavy (non-hydrogen) atoms. The van der Waals surface area contributed by atoms with Gasteiger partial charge in [0.15, 0.2) is 0 Å². The Morgan fingerprint density at radius 2 is 2.04 bits per heavy atom. The first-order valence-electron chi connectivity index (χ1n) is 9.10. The molecule has 0 saturated carbocycles. The van der Waals surface area contributed by atoms with Gasteiger partial charge < -0.3 is 15.5 Å². The van der Waals surface area contributed by atoms with Crippen LogP contribution < -0.4 is 5.73 Å². The van der Waals surface area contributed by atoms with E-state index in [1.54, 1.807) is 0 Å². The minimum atomic E-state index is 0.0362. The Labute approximate surface area is 148 Å². The Kier molecular flexibility index (Phi) is 4.32. The van der Waals surface area contributed by atoms with Crippen molar-refractivity contribution in [2.75, 3.05) is 19.8 Å². The molecule has 0 radical (unpaired) electrons. The van der Waals surface area contributed by atoms with E-state index in [0.29, 0.717) is 6.54 Å². The molecule has 1 saturated heterocycles. The van der Waals surface area contributed by atoms with E-state index in [0.717, 1.165) is 43.7 Å². The first-order valence-corrected chi connectivity index (χ1v) is 9.10. The predicted molar refractivity (Wildman–Crippen MR) is 102 cm³/mol. The first-order chi connectivity index (χ1) is 12.3. The maximum atomic E-state index is 6.19. The summed E-state index contributed by atoms with van der Waals surface area (Å²) >= 11 is 0. The summed E-state index contributed by atoms with van der Waals surface area (Å²) in [4.78, 5) is 7.86. The molecular weight excluding hydrogens is 310 g/mol. The molecule has 3 aromatic rings. The summed E-state index contributed by atoms with van der Waals surface area (Å²) in [5.41, 5.74) is 12.2. The number of nitrogens with two attached hydrogens (primary N) is 1. The second kappa shape index (κ2) is 6.62. The van der Waals surface area contributed by atoms with Crippen molar-refractivity contribution in [1.29, 1.82) is 0 Å². The Balaban J connectivity index is 1.76. The second-order valence-electron chi connectivity index (χ2n) is 6.97. The molecule has 0 bridgehead atoms. The number of ether oxygens (including phenoxy) is 1. The number of aromatic amines is 1. The third-order valence-electron chi connectivity index (χ3n) is 5.65. The van der Waals surface area contributed by atoms with E-state index >= 15 is 0 Å². The molecule has 0 unspecified atom stereocenters. The van der Waals surface area contributed by atoms with Crippen LogP contribution in [0.1, 0.15) is 30.9 Å². The molecule has 2 aromatic heterocycles. The van der Waals surface area contributed by atoms with E-state index in [1.165, 1.54) is 22.1 Å². The van der Waals surface area contributed by atoms with Gasteiger partial charge in [-0.25, -0.2) is 4.98 Å². The third kappa shape index (κ3) is 2.86. The number of nitrogens with zero attached hydrogens (tertiary/aromatic N) is 1. The van der Waals surface area contributed by atoms with E-state index in [4.69, 9.17) is 10.5 Å². The number of aryl methyl sites for hydroxylation is 1. The van der Waals surface area contributed by atoms with Gasteiger partial charge in [0.05, 0.1) is 0 Å². The van der Waals surface area contributed by atoms with Crippen LogP contribution in [-0.2, 0) is 16.6 Å². The minimum absolute atomic E-state index is 0.0362. The SMILES string of the molecule is CCc1c[nH]c2ncc(-c3cccc(C4(CN)CCOCC4)c3)cc12. The van der Waals surface area contributed by atoms with E-state index in [1.807, 2.05) is 6.20 Å². The number of hydrogen-bond acceptors (Lipinski definition) is 3. The zero-order chi connectivity index (χ0) is 17.3. The molecule has 4 heteroatoms. The molecule has 4 nitrogen and oxygen atoms in total. The van der Waals surface area contributed by atoms with Crippen molar-refractivity contribution in [2.24, 2.45) is 5.73 Å². The van der Waals surface area contributed by atoms with Crippen molar-refractivity contribution in [3.05, 3.63) is 53.9 Å². The molecule has 1 aliphatic rings. The Hall–Kier alpha value is -2.17. The highest BCUT2D eigenvalue weighted by atomic mass is 16.5. The van der Waals surface area contributed by atoms with Crippen LogP contribution in [0.15, 0.2) is 42.7 Å². The van der Waals surface area contributed by atoms with Crippen LogP contribution in [0.25, 0.3) is 22.2 Å². The monoisotopic (exact) mass is 335 g/mol. The fourth-order valence-corrected chi connectivity index (χ4v) is 3.91. The third-order valence-corrected chi connectivity index (χ3v) is 5.65. The number of fused-ring (bicyclic) bond motifs is 1. The van der Waals surface area contributed by atoms with Crippen molar-refractivity contribution < 1.29 is 4.74 Å². The van der Waals surface area contributed by atoms with Crippen molar-refractivity contribution in [3.8, 4) is 11.1 Å². The maximum absolute atomic E-state index is 6.19. The molecule has 3 heterocycles. The van der Waals surface area contributed by atoms with Crippen LogP contribution in [0.2, 0.25) is 0 Å². The van der Waals surface area contributed by atoms with Gasteiger partial charge in [-0.1, -0.05) is 31.2 Å². The first kappa shape index (κ1) is 16.3. The van der Waals surface area contributed by atoms with Gasteiger partial charge in [0.2, 0.25) is 0 Å². The number of pyridine rings is 1. The van der Waals surface area contributed by atoms with E-state index in [2.05, 4.69) is 53.4 Å². The average molecular weight is 335 g/mol. The topological polar surface area (TPSA) is 63.9 Å². The zero-order valence-electron chi connectivity index (χ0n) is 14.7. The lowest BCUT2D eigenvalue weighted by atomic mass is 9.74. The van der Waals surface area contributed by atoms with Crippen LogP contribution in [0.5, 0.6) is 0 Å². The van der Waals surface area contributed by atoms with Crippen LogP contribution in [-0.4, -0.2) is 29.7 Å². The second-order valence-corrected chi connectivity index (χ2v) is 6.97. The Morgan fingerprint density at radius 1 is 1.20 bits per heavy atom. The van der Waals surface area contributed by atoms with Crippen molar-refractivity contribution in [3.63, 3.8) is 0 Å². The highest BCUT2D eigenvalue weighted by Gasteiger charge is 2.33.